The highest BCUT2D eigenvalue weighted by molar-refractivity contribution is 4.87. The van der Waals surface area contributed by atoms with Gasteiger partial charge in [0.25, 0.3) is 0 Å². The molecule has 1 heterocycles. The lowest BCUT2D eigenvalue weighted by molar-refractivity contribution is 0.251. The van der Waals surface area contributed by atoms with E-state index in [1.807, 2.05) is 0 Å². The highest BCUT2D eigenvalue weighted by atomic mass is 15.1. The molecule has 0 N–H and O–H groups in total. The van der Waals surface area contributed by atoms with Crippen molar-refractivity contribution >= 4 is 0 Å². The summed E-state index contributed by atoms with van der Waals surface area (Å²) in [5.41, 5.74) is 0. The summed E-state index contributed by atoms with van der Waals surface area (Å²) in [6.45, 7) is 4.47. The predicted molar refractivity (Wildman–Crippen MR) is 43.4 cm³/mol. The smallest absolute Gasteiger partial charge is 0.0263 e. The second kappa shape index (κ2) is 3.51. The Bertz CT molecular complexity index is 126. The highest BCUT2D eigenvalue weighted by Gasteiger charge is 2.14. The molecule has 1 aliphatic rings. The minimum absolute atomic E-state index is 0.935. The molecular weight excluding hydrogens is 122 g/mol. The third kappa shape index (κ3) is 1.67. The summed E-state index contributed by atoms with van der Waals surface area (Å²) in [5.74, 6) is 0.935. The lowest BCUT2D eigenvalue weighted by atomic mass is 9.95. The summed E-state index contributed by atoms with van der Waals surface area (Å²) in [5, 5.41) is 0. The molecule has 56 valence electrons. The zero-order valence-corrected chi connectivity index (χ0v) is 6.64. The van der Waals surface area contributed by atoms with E-state index in [0.29, 0.717) is 0 Å². The summed E-state index contributed by atoms with van der Waals surface area (Å²) in [7, 11) is 0. The Morgan fingerprint density at radius 1 is 1.50 bits per heavy atom. The van der Waals surface area contributed by atoms with Gasteiger partial charge in [-0.3, -0.25) is 0 Å². The molecule has 0 radical (unpaired) electrons. The Morgan fingerprint density at radius 3 is 2.50 bits per heavy atom. The Hall–Kier alpha value is -0.640. The number of likely N-dealkylation sites (tertiary alicyclic amines) is 1. The molecule has 1 nitrogen and oxygen atoms in total. The summed E-state index contributed by atoms with van der Waals surface area (Å²) in [6, 6.07) is 2.68. The van der Waals surface area contributed by atoms with Crippen LogP contribution in [0, 0.1) is 18.4 Å². The molecule has 1 heteroatoms. The number of piperidine rings is 1. The van der Waals surface area contributed by atoms with Crippen molar-refractivity contribution in [2.45, 2.75) is 26.2 Å². The van der Waals surface area contributed by atoms with E-state index < -0.39 is 0 Å². The van der Waals surface area contributed by atoms with E-state index in [9.17, 15) is 0 Å². The number of terminal acetylenes is 1. The van der Waals surface area contributed by atoms with Crippen molar-refractivity contribution in [1.82, 2.24) is 4.90 Å². The lowest BCUT2D eigenvalue weighted by Gasteiger charge is -2.28. The van der Waals surface area contributed by atoms with Crippen molar-refractivity contribution in [1.29, 1.82) is 0 Å². The maximum Gasteiger partial charge on any atom is 0.0263 e. The van der Waals surface area contributed by atoms with Crippen molar-refractivity contribution in [2.24, 2.45) is 5.92 Å². The largest absolute Gasteiger partial charge is 0.333 e. The minimum Gasteiger partial charge on any atom is -0.333 e. The van der Waals surface area contributed by atoms with Crippen LogP contribution in [-0.2, 0) is 0 Å². The van der Waals surface area contributed by atoms with Crippen LogP contribution in [0.25, 0.3) is 0 Å². The molecule has 0 spiro atoms. The van der Waals surface area contributed by atoms with Gasteiger partial charge in [0.1, 0.15) is 0 Å². The number of nitrogens with zero attached hydrogens (tertiary/aromatic N) is 1. The molecule has 0 aromatic carbocycles. The molecule has 1 saturated heterocycles. The highest BCUT2D eigenvalue weighted by Crippen LogP contribution is 2.18. The summed E-state index contributed by atoms with van der Waals surface area (Å²) >= 11 is 0. The first kappa shape index (κ1) is 7.47. The first-order chi connectivity index (χ1) is 4.86. The van der Waals surface area contributed by atoms with Crippen LogP contribution in [-0.4, -0.2) is 18.0 Å². The summed E-state index contributed by atoms with van der Waals surface area (Å²) in [4.78, 5) is 2.08. The van der Waals surface area contributed by atoms with Crippen molar-refractivity contribution in [3.05, 3.63) is 0 Å². The van der Waals surface area contributed by atoms with Gasteiger partial charge in [0.2, 0.25) is 0 Å². The van der Waals surface area contributed by atoms with Gasteiger partial charge in [0.15, 0.2) is 0 Å². The fraction of sp³-hybridized carbons (Fsp3) is 0.778. The Balaban J connectivity index is 2.25. The van der Waals surface area contributed by atoms with Crippen LogP contribution in [0.2, 0.25) is 0 Å². The van der Waals surface area contributed by atoms with E-state index in [1.54, 1.807) is 0 Å². The van der Waals surface area contributed by atoms with Gasteiger partial charge in [-0.15, -0.1) is 0 Å². The van der Waals surface area contributed by atoms with Gasteiger partial charge in [-0.25, -0.2) is 0 Å². The van der Waals surface area contributed by atoms with Crippen LogP contribution in [0.5, 0.6) is 0 Å². The molecule has 0 aliphatic carbocycles. The van der Waals surface area contributed by atoms with E-state index in [-0.39, 0.29) is 0 Å². The standard InChI is InChI=1S/C9H15N/c1-3-9-5-7-10(4-2)8-6-9/h2,9H,3,5-8H2,1H3. The second-order valence-corrected chi connectivity index (χ2v) is 2.97. The summed E-state index contributed by atoms with van der Waals surface area (Å²) in [6.07, 6.45) is 9.17. The molecule has 0 atom stereocenters. The van der Waals surface area contributed by atoms with Gasteiger partial charge >= 0.3 is 0 Å². The maximum atomic E-state index is 5.27. The van der Waals surface area contributed by atoms with E-state index in [4.69, 9.17) is 6.42 Å². The van der Waals surface area contributed by atoms with Gasteiger partial charge in [-0.2, -0.15) is 0 Å². The lowest BCUT2D eigenvalue weighted by Crippen LogP contribution is -2.29. The topological polar surface area (TPSA) is 3.24 Å². The van der Waals surface area contributed by atoms with Crippen molar-refractivity contribution in [3.8, 4) is 12.5 Å². The average molecular weight is 137 g/mol. The quantitative estimate of drug-likeness (QED) is 0.497. The van der Waals surface area contributed by atoms with Gasteiger partial charge < -0.3 is 4.90 Å². The SMILES string of the molecule is C#CN1CCC(CC)CC1. The molecule has 1 rings (SSSR count). The van der Waals surface area contributed by atoms with Gasteiger partial charge in [0.05, 0.1) is 0 Å². The van der Waals surface area contributed by atoms with Crippen LogP contribution >= 0.6 is 0 Å². The van der Waals surface area contributed by atoms with Crippen LogP contribution in [0.15, 0.2) is 0 Å². The van der Waals surface area contributed by atoms with Crippen LogP contribution in [0.1, 0.15) is 26.2 Å². The molecule has 0 unspecified atom stereocenters. The molecular formula is C9H15N. The van der Waals surface area contributed by atoms with E-state index in [1.165, 1.54) is 19.3 Å². The van der Waals surface area contributed by atoms with Crippen molar-refractivity contribution < 1.29 is 0 Å². The second-order valence-electron chi connectivity index (χ2n) is 2.97. The third-order valence-corrected chi connectivity index (χ3v) is 2.37. The number of rotatable bonds is 1. The van der Waals surface area contributed by atoms with Gasteiger partial charge in [-0.05, 0) is 18.8 Å². The fourth-order valence-electron chi connectivity index (χ4n) is 1.47. The molecule has 1 fully saturated rings. The fourth-order valence-corrected chi connectivity index (χ4v) is 1.47. The molecule has 1 aliphatic heterocycles. The first-order valence-corrected chi connectivity index (χ1v) is 4.08. The maximum absolute atomic E-state index is 5.27. The zero-order chi connectivity index (χ0) is 7.40. The normalized spacial score (nSPS) is 20.6. The molecule has 0 amide bonds. The Morgan fingerprint density at radius 2 is 2.10 bits per heavy atom. The first-order valence-electron chi connectivity index (χ1n) is 4.08. The van der Waals surface area contributed by atoms with Gasteiger partial charge in [-0.1, -0.05) is 19.8 Å². The van der Waals surface area contributed by atoms with Gasteiger partial charge in [0, 0.05) is 19.1 Å². The van der Waals surface area contributed by atoms with Crippen LogP contribution in [0.3, 0.4) is 0 Å². The monoisotopic (exact) mass is 137 g/mol. The average Bonchev–Trinajstić information content (AvgIpc) is 2.05. The number of hydrogen-bond donors (Lipinski definition) is 0. The molecule has 0 aromatic heterocycles. The van der Waals surface area contributed by atoms with Crippen LogP contribution < -0.4 is 0 Å². The summed E-state index contributed by atoms with van der Waals surface area (Å²) < 4.78 is 0. The predicted octanol–water partition coefficient (Wildman–Crippen LogP) is 1.70. The molecule has 0 saturated carbocycles. The zero-order valence-electron chi connectivity index (χ0n) is 6.64. The minimum atomic E-state index is 0.935. The van der Waals surface area contributed by atoms with E-state index in [2.05, 4.69) is 17.9 Å². The number of hydrogen-bond acceptors (Lipinski definition) is 1. The third-order valence-electron chi connectivity index (χ3n) is 2.37. The Kier molecular flexibility index (Phi) is 2.62. The van der Waals surface area contributed by atoms with E-state index in [0.717, 1.165) is 19.0 Å². The van der Waals surface area contributed by atoms with Crippen molar-refractivity contribution in [3.63, 3.8) is 0 Å². The Labute approximate surface area is 63.4 Å². The van der Waals surface area contributed by atoms with Crippen molar-refractivity contribution in [2.75, 3.05) is 13.1 Å². The molecule has 10 heavy (non-hydrogen) atoms. The molecule has 0 aromatic rings. The van der Waals surface area contributed by atoms with E-state index >= 15 is 0 Å². The van der Waals surface area contributed by atoms with Crippen LogP contribution in [0.4, 0.5) is 0 Å². The molecule has 0 bridgehead atoms.